The fourth-order valence-electron chi connectivity index (χ4n) is 4.41. The van der Waals surface area contributed by atoms with Crippen LogP contribution < -0.4 is 14.9 Å². The topological polar surface area (TPSA) is 74.3 Å². The lowest BCUT2D eigenvalue weighted by molar-refractivity contribution is -0.145. The van der Waals surface area contributed by atoms with Gasteiger partial charge in [0, 0.05) is 11.0 Å². The summed E-state index contributed by atoms with van der Waals surface area (Å²) in [5.74, 6) is 0.688. The van der Waals surface area contributed by atoms with E-state index in [1.165, 1.54) is 5.56 Å². The number of rotatable bonds is 6. The van der Waals surface area contributed by atoms with Crippen LogP contribution in [0.25, 0.3) is 0 Å². The molecule has 1 aliphatic carbocycles. The monoisotopic (exact) mass is 471 g/mol. The van der Waals surface area contributed by atoms with Crippen LogP contribution in [0.3, 0.4) is 0 Å². The number of hydrogen-bond donors (Lipinski definition) is 0. The Kier molecular flexibility index (Phi) is 6.72. The van der Waals surface area contributed by atoms with Gasteiger partial charge in [-0.05, 0) is 49.2 Å². The first-order valence-corrected chi connectivity index (χ1v) is 11.7. The van der Waals surface area contributed by atoms with E-state index in [-0.39, 0.29) is 19.2 Å². The zero-order valence-corrected chi connectivity index (χ0v) is 19.5. The van der Waals surface area contributed by atoms with E-state index >= 15 is 0 Å². The Morgan fingerprint density at radius 2 is 1.63 bits per heavy atom. The van der Waals surface area contributed by atoms with Crippen molar-refractivity contribution in [2.45, 2.75) is 25.6 Å². The highest BCUT2D eigenvalue weighted by Crippen LogP contribution is 2.39. The number of ether oxygens (including phenoxy) is 2. The van der Waals surface area contributed by atoms with Crippen LogP contribution >= 0.6 is 0 Å². The van der Waals surface area contributed by atoms with Crippen molar-refractivity contribution in [2.75, 3.05) is 20.1 Å². The van der Waals surface area contributed by atoms with Gasteiger partial charge in [0.05, 0.1) is 13.1 Å². The summed E-state index contributed by atoms with van der Waals surface area (Å²) >= 11 is 0. The van der Waals surface area contributed by atoms with Crippen molar-refractivity contribution in [1.82, 2.24) is 4.90 Å². The number of nitrogens with zero attached hydrogens (tertiary/aromatic N) is 1. The third-order valence-electron chi connectivity index (χ3n) is 6.12. The van der Waals surface area contributed by atoms with E-state index in [0.717, 1.165) is 29.7 Å². The van der Waals surface area contributed by atoms with Gasteiger partial charge in [-0.25, -0.2) is 0 Å². The normalized spacial score (nSPS) is 18.2. The highest BCUT2D eigenvalue weighted by molar-refractivity contribution is 6.64. The van der Waals surface area contributed by atoms with Gasteiger partial charge in [0.1, 0.15) is 24.2 Å². The highest BCUT2D eigenvalue weighted by atomic mass is 16.6. The van der Waals surface area contributed by atoms with Gasteiger partial charge in [-0.15, -0.1) is 0 Å². The van der Waals surface area contributed by atoms with E-state index in [0.29, 0.717) is 17.8 Å². The maximum absolute atomic E-state index is 12.0. The number of benzene rings is 3. The molecule has 1 heterocycles. The molecule has 0 saturated carbocycles. The van der Waals surface area contributed by atoms with E-state index in [4.69, 9.17) is 18.8 Å². The predicted octanol–water partition coefficient (Wildman–Crippen LogP) is 3.06. The van der Waals surface area contributed by atoms with Gasteiger partial charge in [-0.2, -0.15) is 0 Å². The summed E-state index contributed by atoms with van der Waals surface area (Å²) in [4.78, 5) is 25.6. The highest BCUT2D eigenvalue weighted by Gasteiger charge is 2.34. The Morgan fingerprint density at radius 3 is 2.34 bits per heavy atom. The molecule has 0 radical (unpaired) electrons. The Morgan fingerprint density at radius 1 is 0.914 bits per heavy atom. The summed E-state index contributed by atoms with van der Waals surface area (Å²) in [6.45, 7) is 0.590. The van der Waals surface area contributed by atoms with Crippen LogP contribution in [0.2, 0.25) is 0 Å². The molecule has 1 fully saturated rings. The maximum atomic E-state index is 12.0. The van der Waals surface area contributed by atoms with Crippen LogP contribution in [0.4, 0.5) is 0 Å². The third-order valence-corrected chi connectivity index (χ3v) is 6.12. The molecule has 1 unspecified atom stereocenters. The van der Waals surface area contributed by atoms with E-state index in [2.05, 4.69) is 18.2 Å². The third kappa shape index (κ3) is 5.49. The van der Waals surface area contributed by atoms with E-state index < -0.39 is 19.1 Å². The molecule has 2 aliphatic rings. The van der Waals surface area contributed by atoms with E-state index in [1.54, 1.807) is 36.2 Å². The molecule has 0 aromatic heterocycles. The van der Waals surface area contributed by atoms with Crippen LogP contribution in [0.1, 0.15) is 29.2 Å². The SMILES string of the molecule is CN1CC(=O)OB(c2ccc(OC3CCc4c(OCc5ccccc5)cccc43)cc2)OC(=O)C1. The molecule has 178 valence electrons. The van der Waals surface area contributed by atoms with Gasteiger partial charge in [0.2, 0.25) is 0 Å². The number of hydrogen-bond acceptors (Lipinski definition) is 7. The van der Waals surface area contributed by atoms with Crippen LogP contribution in [-0.4, -0.2) is 44.1 Å². The van der Waals surface area contributed by atoms with Gasteiger partial charge in [-0.1, -0.05) is 54.6 Å². The second-order valence-electron chi connectivity index (χ2n) is 8.80. The van der Waals surface area contributed by atoms with Gasteiger partial charge in [0.25, 0.3) is 0 Å². The van der Waals surface area contributed by atoms with E-state index in [9.17, 15) is 9.59 Å². The first-order chi connectivity index (χ1) is 17.0. The zero-order valence-electron chi connectivity index (χ0n) is 19.5. The minimum Gasteiger partial charge on any atom is -0.494 e. The average Bonchev–Trinajstić information content (AvgIpc) is 3.26. The molecule has 1 aliphatic heterocycles. The van der Waals surface area contributed by atoms with Gasteiger partial charge in [0.15, 0.2) is 0 Å². The molecule has 35 heavy (non-hydrogen) atoms. The van der Waals surface area contributed by atoms with E-state index in [1.807, 2.05) is 30.3 Å². The fraction of sp³-hybridized carbons (Fsp3) is 0.259. The smallest absolute Gasteiger partial charge is 0.494 e. The largest absolute Gasteiger partial charge is 0.636 e. The number of fused-ring (bicyclic) bond motifs is 1. The van der Waals surface area contributed by atoms with Gasteiger partial charge in [-0.3, -0.25) is 14.5 Å². The number of likely N-dealkylation sites (N-methyl/N-ethyl adjacent to an activating group) is 1. The lowest BCUT2D eigenvalue weighted by atomic mass is 9.78. The summed E-state index contributed by atoms with van der Waals surface area (Å²) in [5.41, 5.74) is 4.02. The minimum absolute atomic E-state index is 0.0327. The zero-order chi connectivity index (χ0) is 24.2. The molecule has 0 amide bonds. The average molecular weight is 471 g/mol. The summed E-state index contributed by atoms with van der Waals surface area (Å²) in [6.07, 6.45) is 1.66. The Labute approximate surface area is 204 Å². The fourth-order valence-corrected chi connectivity index (χ4v) is 4.41. The summed E-state index contributed by atoms with van der Waals surface area (Å²) in [6, 6.07) is 23.3. The molecule has 0 bridgehead atoms. The van der Waals surface area contributed by atoms with Gasteiger partial charge >= 0.3 is 19.1 Å². The molecule has 0 spiro atoms. The molecule has 3 aromatic carbocycles. The Bertz CT molecular complexity index is 1180. The van der Waals surface area contributed by atoms with Crippen LogP contribution in [0.15, 0.2) is 72.8 Å². The molecule has 7 nitrogen and oxygen atoms in total. The lowest BCUT2D eigenvalue weighted by Crippen LogP contribution is -2.47. The number of carbonyl (C=O) groups excluding carboxylic acids is 2. The number of carbonyl (C=O) groups is 2. The lowest BCUT2D eigenvalue weighted by Gasteiger charge is -2.22. The first-order valence-electron chi connectivity index (χ1n) is 11.7. The quantitative estimate of drug-likeness (QED) is 0.512. The molecule has 5 rings (SSSR count). The molecular formula is C27H26BNO6. The second-order valence-corrected chi connectivity index (χ2v) is 8.80. The molecule has 8 heteroatoms. The van der Waals surface area contributed by atoms with Crippen molar-refractivity contribution in [3.63, 3.8) is 0 Å². The van der Waals surface area contributed by atoms with Crippen LogP contribution in [0, 0.1) is 0 Å². The van der Waals surface area contributed by atoms with Crippen molar-refractivity contribution in [1.29, 1.82) is 0 Å². The van der Waals surface area contributed by atoms with Crippen molar-refractivity contribution in [3.05, 3.63) is 89.5 Å². The summed E-state index contributed by atoms with van der Waals surface area (Å²) < 4.78 is 23.1. The van der Waals surface area contributed by atoms with Crippen LogP contribution in [-0.2, 0) is 31.9 Å². The Balaban J connectivity index is 1.25. The standard InChI is InChI=1S/C27H26BNO6/c1-29-16-26(30)34-28(35-27(31)17-29)20-10-12-21(13-11-20)33-25-15-14-23-22(25)8-5-9-24(23)32-18-19-6-3-2-4-7-19/h2-13,25H,14-18H2,1H3. The molecule has 3 aromatic rings. The molecule has 1 saturated heterocycles. The second kappa shape index (κ2) is 10.2. The predicted molar refractivity (Wildman–Crippen MR) is 130 cm³/mol. The first kappa shape index (κ1) is 23.0. The van der Waals surface area contributed by atoms with Crippen molar-refractivity contribution < 1.29 is 28.4 Å². The van der Waals surface area contributed by atoms with Crippen molar-refractivity contribution >= 4 is 24.5 Å². The maximum Gasteiger partial charge on any atom is 0.636 e. The minimum atomic E-state index is -1.06. The summed E-state index contributed by atoms with van der Waals surface area (Å²) in [7, 11) is 0.600. The van der Waals surface area contributed by atoms with Crippen LogP contribution in [0.5, 0.6) is 11.5 Å². The Hall–Kier alpha value is -3.78. The van der Waals surface area contributed by atoms with Gasteiger partial charge < -0.3 is 18.8 Å². The molecule has 1 atom stereocenters. The molecule has 0 N–H and O–H groups in total. The van der Waals surface area contributed by atoms with Crippen molar-refractivity contribution in [2.24, 2.45) is 0 Å². The summed E-state index contributed by atoms with van der Waals surface area (Å²) in [5, 5.41) is 0. The van der Waals surface area contributed by atoms with Crippen molar-refractivity contribution in [3.8, 4) is 11.5 Å². The molecular weight excluding hydrogens is 445 g/mol.